The maximum Gasteiger partial charge on any atom is 0.262 e. The SMILES string of the molecule is CCC1CN=C(Nc2cc3ccn(CCO)c(=O)c3c(NC(C)(C)C)n2)C=C1OC1CCN(C)CC1. The van der Waals surface area contributed by atoms with E-state index in [1.54, 1.807) is 6.20 Å². The maximum absolute atomic E-state index is 13.1. The number of fused-ring (bicyclic) bond motifs is 1. The number of aliphatic imine (C=N–C) groups is 1. The summed E-state index contributed by atoms with van der Waals surface area (Å²) in [5, 5.41) is 17.4. The number of rotatable bonds is 7. The Labute approximate surface area is 213 Å². The van der Waals surface area contributed by atoms with Crippen LogP contribution < -0.4 is 16.2 Å². The van der Waals surface area contributed by atoms with Crippen LogP contribution in [-0.4, -0.2) is 70.3 Å². The molecule has 0 spiro atoms. The number of dihydropyridines is 1. The van der Waals surface area contributed by atoms with E-state index in [4.69, 9.17) is 14.7 Å². The normalized spacial score (nSPS) is 19.7. The average molecular weight is 497 g/mol. The molecule has 0 aromatic carbocycles. The van der Waals surface area contributed by atoms with Crippen LogP contribution in [0.25, 0.3) is 10.8 Å². The van der Waals surface area contributed by atoms with E-state index in [9.17, 15) is 9.90 Å². The van der Waals surface area contributed by atoms with Crippen LogP contribution in [0.3, 0.4) is 0 Å². The van der Waals surface area contributed by atoms with E-state index < -0.39 is 0 Å². The third-order valence-corrected chi connectivity index (χ3v) is 6.67. The molecule has 1 atom stereocenters. The van der Waals surface area contributed by atoms with Gasteiger partial charge in [0.2, 0.25) is 0 Å². The van der Waals surface area contributed by atoms with Gasteiger partial charge in [0.1, 0.15) is 29.3 Å². The molecule has 1 saturated heterocycles. The minimum Gasteiger partial charge on any atom is -0.494 e. The van der Waals surface area contributed by atoms with E-state index in [0.717, 1.165) is 43.5 Å². The number of piperidine rings is 1. The summed E-state index contributed by atoms with van der Waals surface area (Å²) in [6, 6.07) is 3.75. The Morgan fingerprint density at radius 1 is 1.25 bits per heavy atom. The van der Waals surface area contributed by atoms with Crippen LogP contribution >= 0.6 is 0 Å². The lowest BCUT2D eigenvalue weighted by molar-refractivity contribution is 0.0432. The van der Waals surface area contributed by atoms with Crippen molar-refractivity contribution in [3.05, 3.63) is 40.5 Å². The summed E-state index contributed by atoms with van der Waals surface area (Å²) in [5.74, 6) is 3.10. The van der Waals surface area contributed by atoms with Gasteiger partial charge < -0.3 is 29.9 Å². The van der Waals surface area contributed by atoms with Gasteiger partial charge in [-0.25, -0.2) is 4.98 Å². The van der Waals surface area contributed by atoms with Crippen molar-refractivity contribution < 1.29 is 9.84 Å². The third-order valence-electron chi connectivity index (χ3n) is 6.67. The van der Waals surface area contributed by atoms with Gasteiger partial charge in [0.05, 0.1) is 18.5 Å². The summed E-state index contributed by atoms with van der Waals surface area (Å²) in [6.07, 6.45) is 7.01. The average Bonchev–Trinajstić information content (AvgIpc) is 2.81. The molecule has 0 radical (unpaired) electrons. The Hall–Kier alpha value is -2.91. The van der Waals surface area contributed by atoms with E-state index in [-0.39, 0.29) is 36.3 Å². The van der Waals surface area contributed by atoms with Gasteiger partial charge in [0, 0.05) is 43.4 Å². The Bertz CT molecular complexity index is 1190. The molecule has 196 valence electrons. The standard InChI is InChI=1S/C27H40N6O3/c1-6-18-17-28-22(16-21(18)36-20-8-10-32(5)11-9-20)29-23-15-19-7-12-33(13-14-34)26(35)24(19)25(30-23)31-27(2,3)4/h7,12,15-16,18,20,34H,6,8-11,13-14,17H2,1-5H3,(H2,28,29,30,31). The summed E-state index contributed by atoms with van der Waals surface area (Å²) in [5.41, 5.74) is -0.476. The molecular weight excluding hydrogens is 456 g/mol. The second kappa shape index (κ2) is 11.0. The predicted molar refractivity (Wildman–Crippen MR) is 146 cm³/mol. The van der Waals surface area contributed by atoms with Crippen molar-refractivity contribution in [1.82, 2.24) is 14.5 Å². The molecule has 3 N–H and O–H groups in total. The van der Waals surface area contributed by atoms with Crippen molar-refractivity contribution in [2.24, 2.45) is 10.9 Å². The lowest BCUT2D eigenvalue weighted by Crippen LogP contribution is -2.35. The number of aliphatic hydroxyl groups excluding tert-OH is 1. The van der Waals surface area contributed by atoms with Crippen LogP contribution in [0.4, 0.5) is 11.6 Å². The maximum atomic E-state index is 13.1. The number of aliphatic hydroxyl groups is 1. The molecule has 9 nitrogen and oxygen atoms in total. The molecule has 2 aliphatic heterocycles. The van der Waals surface area contributed by atoms with Crippen LogP contribution in [0.5, 0.6) is 0 Å². The topological polar surface area (TPSA) is 104 Å². The van der Waals surface area contributed by atoms with E-state index in [1.165, 1.54) is 4.57 Å². The van der Waals surface area contributed by atoms with Gasteiger partial charge in [-0.15, -0.1) is 0 Å². The highest BCUT2D eigenvalue weighted by Gasteiger charge is 2.25. The molecular formula is C27H40N6O3. The number of hydrogen-bond acceptors (Lipinski definition) is 8. The fourth-order valence-corrected chi connectivity index (χ4v) is 4.66. The molecule has 0 bridgehead atoms. The molecule has 0 amide bonds. The lowest BCUT2D eigenvalue weighted by atomic mass is 10.0. The number of hydrogen-bond donors (Lipinski definition) is 3. The van der Waals surface area contributed by atoms with Crippen molar-refractivity contribution in [3.63, 3.8) is 0 Å². The van der Waals surface area contributed by atoms with E-state index in [1.807, 2.05) is 39.0 Å². The van der Waals surface area contributed by atoms with Crippen LogP contribution in [-0.2, 0) is 11.3 Å². The molecule has 4 rings (SSSR count). The first-order valence-electron chi connectivity index (χ1n) is 13.0. The number of nitrogens with one attached hydrogen (secondary N) is 2. The molecule has 1 fully saturated rings. The largest absolute Gasteiger partial charge is 0.494 e. The van der Waals surface area contributed by atoms with Gasteiger partial charge in [0.15, 0.2) is 0 Å². The van der Waals surface area contributed by atoms with Crippen molar-refractivity contribution in [2.45, 2.75) is 65.1 Å². The van der Waals surface area contributed by atoms with E-state index in [0.29, 0.717) is 29.4 Å². The fraction of sp³-hybridized carbons (Fsp3) is 0.593. The third kappa shape index (κ3) is 6.25. The molecule has 0 aliphatic carbocycles. The number of aromatic nitrogens is 2. The van der Waals surface area contributed by atoms with Crippen LogP contribution in [0.15, 0.2) is 40.0 Å². The second-order valence-electron chi connectivity index (χ2n) is 10.9. The highest BCUT2D eigenvalue weighted by Crippen LogP contribution is 2.28. The second-order valence-corrected chi connectivity index (χ2v) is 10.9. The molecule has 9 heteroatoms. The quantitative estimate of drug-likeness (QED) is 0.539. The zero-order valence-corrected chi connectivity index (χ0v) is 22.2. The van der Waals surface area contributed by atoms with Gasteiger partial charge in [-0.3, -0.25) is 9.79 Å². The number of pyridine rings is 2. The summed E-state index contributed by atoms with van der Waals surface area (Å²) >= 11 is 0. The predicted octanol–water partition coefficient (Wildman–Crippen LogP) is 3.44. The molecule has 2 aliphatic rings. The minimum absolute atomic E-state index is 0.104. The first kappa shape index (κ1) is 26.2. The van der Waals surface area contributed by atoms with Crippen LogP contribution in [0, 0.1) is 5.92 Å². The highest BCUT2D eigenvalue weighted by molar-refractivity contribution is 6.05. The fourth-order valence-electron chi connectivity index (χ4n) is 4.66. The van der Waals surface area contributed by atoms with E-state index in [2.05, 4.69) is 29.5 Å². The zero-order chi connectivity index (χ0) is 25.9. The molecule has 36 heavy (non-hydrogen) atoms. The molecule has 2 aromatic heterocycles. The van der Waals surface area contributed by atoms with Crippen molar-refractivity contribution >= 4 is 28.2 Å². The molecule has 0 saturated carbocycles. The Balaban J connectivity index is 1.63. The number of anilines is 2. The van der Waals surface area contributed by atoms with Gasteiger partial charge in [-0.1, -0.05) is 6.92 Å². The van der Waals surface area contributed by atoms with Crippen LogP contribution in [0.1, 0.15) is 47.0 Å². The van der Waals surface area contributed by atoms with Gasteiger partial charge in [0.25, 0.3) is 5.56 Å². The summed E-state index contributed by atoms with van der Waals surface area (Å²) in [6.45, 7) is 11.2. The van der Waals surface area contributed by atoms with Gasteiger partial charge >= 0.3 is 0 Å². The number of nitrogens with zero attached hydrogens (tertiary/aromatic N) is 4. The molecule has 4 heterocycles. The van der Waals surface area contributed by atoms with Crippen molar-refractivity contribution in [2.75, 3.05) is 43.9 Å². The molecule has 2 aromatic rings. The van der Waals surface area contributed by atoms with Crippen molar-refractivity contribution in [3.8, 4) is 0 Å². The summed E-state index contributed by atoms with van der Waals surface area (Å²) in [4.78, 5) is 25.0. The Morgan fingerprint density at radius 2 is 2.00 bits per heavy atom. The highest BCUT2D eigenvalue weighted by atomic mass is 16.5. The minimum atomic E-state index is -0.297. The summed E-state index contributed by atoms with van der Waals surface area (Å²) < 4.78 is 7.99. The first-order chi connectivity index (χ1) is 17.2. The van der Waals surface area contributed by atoms with Crippen LogP contribution in [0.2, 0.25) is 0 Å². The molecule has 1 unspecified atom stereocenters. The number of ether oxygens (including phenoxy) is 1. The Morgan fingerprint density at radius 3 is 2.67 bits per heavy atom. The zero-order valence-electron chi connectivity index (χ0n) is 22.2. The summed E-state index contributed by atoms with van der Waals surface area (Å²) in [7, 11) is 2.15. The smallest absolute Gasteiger partial charge is 0.262 e. The first-order valence-corrected chi connectivity index (χ1v) is 13.0. The van der Waals surface area contributed by atoms with Gasteiger partial charge in [-0.2, -0.15) is 0 Å². The number of likely N-dealkylation sites (tertiary alicyclic amines) is 1. The van der Waals surface area contributed by atoms with Crippen molar-refractivity contribution in [1.29, 1.82) is 0 Å². The van der Waals surface area contributed by atoms with Gasteiger partial charge in [-0.05, 0) is 64.6 Å². The monoisotopic (exact) mass is 496 g/mol. The Kier molecular flexibility index (Phi) is 8.00. The number of amidine groups is 1. The lowest BCUT2D eigenvalue weighted by Gasteiger charge is -2.32. The van der Waals surface area contributed by atoms with E-state index >= 15 is 0 Å².